The predicted molar refractivity (Wildman–Crippen MR) is 98.5 cm³/mol. The number of aldehydes is 1. The van der Waals surface area contributed by atoms with E-state index in [1.165, 1.54) is 0 Å². The normalized spacial score (nSPS) is 11.6. The molecule has 1 unspecified atom stereocenters. The van der Waals surface area contributed by atoms with Crippen molar-refractivity contribution in [3.63, 3.8) is 0 Å². The summed E-state index contributed by atoms with van der Waals surface area (Å²) in [6, 6.07) is 13.9. The van der Waals surface area contributed by atoms with Crippen LogP contribution in [-0.2, 0) is 20.9 Å². The van der Waals surface area contributed by atoms with Gasteiger partial charge in [0.1, 0.15) is 18.9 Å². The summed E-state index contributed by atoms with van der Waals surface area (Å²) < 4.78 is 6.19. The van der Waals surface area contributed by atoms with Crippen LogP contribution in [0.4, 0.5) is 5.69 Å². The molecule has 0 amide bonds. The van der Waals surface area contributed by atoms with Gasteiger partial charge >= 0.3 is 5.97 Å². The van der Waals surface area contributed by atoms with Gasteiger partial charge < -0.3 is 14.8 Å². The Hall–Kier alpha value is -1.60. The molecule has 0 fully saturated rings. The topological polar surface area (TPSA) is 55.4 Å². The molecule has 2 aromatic carbocycles. The van der Waals surface area contributed by atoms with Gasteiger partial charge in [0.25, 0.3) is 0 Å². The van der Waals surface area contributed by atoms with E-state index < -0.39 is 12.0 Å². The lowest BCUT2D eigenvalue weighted by Gasteiger charge is -2.18. The maximum Gasteiger partial charge on any atom is 0.329 e. The van der Waals surface area contributed by atoms with E-state index in [1.807, 2.05) is 36.4 Å². The lowest BCUT2D eigenvalue weighted by molar-refractivity contribution is -0.146. The third kappa shape index (κ3) is 5.51. The lowest BCUT2D eigenvalue weighted by Crippen LogP contribution is -2.32. The smallest absolute Gasteiger partial charge is 0.329 e. The Morgan fingerprint density at radius 2 is 2.00 bits per heavy atom. The standard InChI is InChI=1S/C17H15ClINO3/c18-13-6-7-14(19)16(10-13)20-15(8-9-21)17(22)23-11-12-4-2-1-3-5-12/h1-7,9-10,15,20H,8,11H2. The minimum atomic E-state index is -0.747. The zero-order valence-electron chi connectivity index (χ0n) is 12.2. The van der Waals surface area contributed by atoms with Gasteiger partial charge in [0.05, 0.1) is 0 Å². The highest BCUT2D eigenvalue weighted by Crippen LogP contribution is 2.23. The Bertz CT molecular complexity index is 679. The zero-order chi connectivity index (χ0) is 16.7. The third-order valence-electron chi connectivity index (χ3n) is 3.10. The van der Waals surface area contributed by atoms with E-state index in [0.717, 1.165) is 9.13 Å². The molecule has 6 heteroatoms. The number of benzene rings is 2. The number of nitrogens with one attached hydrogen (secondary N) is 1. The van der Waals surface area contributed by atoms with Crippen LogP contribution in [0.15, 0.2) is 48.5 Å². The van der Waals surface area contributed by atoms with Gasteiger partial charge in [-0.15, -0.1) is 0 Å². The van der Waals surface area contributed by atoms with Crippen molar-refractivity contribution in [1.29, 1.82) is 0 Å². The van der Waals surface area contributed by atoms with Gasteiger partial charge in [-0.1, -0.05) is 41.9 Å². The number of carbonyl (C=O) groups is 2. The number of hydrogen-bond acceptors (Lipinski definition) is 4. The average molecular weight is 444 g/mol. The van der Waals surface area contributed by atoms with E-state index in [0.29, 0.717) is 17.0 Å². The summed E-state index contributed by atoms with van der Waals surface area (Å²) in [5, 5.41) is 3.58. The van der Waals surface area contributed by atoms with Crippen LogP contribution < -0.4 is 5.32 Å². The van der Waals surface area contributed by atoms with Gasteiger partial charge in [-0.05, 0) is 46.4 Å². The highest BCUT2D eigenvalue weighted by Gasteiger charge is 2.20. The van der Waals surface area contributed by atoms with Gasteiger partial charge in [-0.2, -0.15) is 0 Å². The predicted octanol–water partition coefficient (Wildman–Crippen LogP) is 4.06. The summed E-state index contributed by atoms with van der Waals surface area (Å²) in [5.74, 6) is -0.475. The highest BCUT2D eigenvalue weighted by atomic mass is 127. The summed E-state index contributed by atoms with van der Waals surface area (Å²) >= 11 is 8.10. The van der Waals surface area contributed by atoms with E-state index in [4.69, 9.17) is 16.3 Å². The van der Waals surface area contributed by atoms with Crippen LogP contribution >= 0.6 is 34.2 Å². The Morgan fingerprint density at radius 3 is 2.70 bits per heavy atom. The molecule has 0 saturated carbocycles. The van der Waals surface area contributed by atoms with E-state index in [-0.39, 0.29) is 13.0 Å². The summed E-state index contributed by atoms with van der Waals surface area (Å²) in [7, 11) is 0. The van der Waals surface area contributed by atoms with Crippen LogP contribution in [0.5, 0.6) is 0 Å². The third-order valence-corrected chi connectivity index (χ3v) is 4.27. The molecule has 0 bridgehead atoms. The van der Waals surface area contributed by atoms with Crippen LogP contribution in [0.25, 0.3) is 0 Å². The Balaban J connectivity index is 2.03. The SMILES string of the molecule is O=CCC(Nc1cc(Cl)ccc1I)C(=O)OCc1ccccc1. The number of carbonyl (C=O) groups excluding carboxylic acids is 2. The largest absolute Gasteiger partial charge is 0.459 e. The second-order valence-corrected chi connectivity index (χ2v) is 6.42. The van der Waals surface area contributed by atoms with Crippen LogP contribution in [0.3, 0.4) is 0 Å². The lowest BCUT2D eigenvalue weighted by atomic mass is 10.2. The van der Waals surface area contributed by atoms with Crippen LogP contribution in [-0.4, -0.2) is 18.3 Å². The van der Waals surface area contributed by atoms with Gasteiger partial charge in [-0.25, -0.2) is 4.79 Å². The Morgan fingerprint density at radius 1 is 1.26 bits per heavy atom. The summed E-state index contributed by atoms with van der Waals surface area (Å²) in [6.07, 6.45) is 0.717. The minimum Gasteiger partial charge on any atom is -0.459 e. The molecule has 0 radical (unpaired) electrons. The van der Waals surface area contributed by atoms with Crippen LogP contribution in [0.1, 0.15) is 12.0 Å². The Labute approximate surface area is 153 Å². The first kappa shape index (κ1) is 17.7. The number of esters is 1. The summed E-state index contributed by atoms with van der Waals surface area (Å²) in [6.45, 7) is 0.170. The van der Waals surface area contributed by atoms with E-state index in [2.05, 4.69) is 27.9 Å². The van der Waals surface area contributed by atoms with Gasteiger partial charge in [0, 0.05) is 20.7 Å². The number of ether oxygens (including phenoxy) is 1. The number of hydrogen-bond donors (Lipinski definition) is 1. The fraction of sp³-hybridized carbons (Fsp3) is 0.176. The molecular formula is C17H15ClINO3. The van der Waals surface area contributed by atoms with Crippen molar-refractivity contribution >= 4 is 52.1 Å². The first-order chi connectivity index (χ1) is 11.1. The molecule has 0 aromatic heterocycles. The van der Waals surface area contributed by atoms with Crippen molar-refractivity contribution in [2.24, 2.45) is 0 Å². The molecule has 0 saturated heterocycles. The zero-order valence-corrected chi connectivity index (χ0v) is 15.1. The van der Waals surface area contributed by atoms with Crippen LogP contribution in [0, 0.1) is 3.57 Å². The fourth-order valence-corrected chi connectivity index (χ4v) is 2.60. The highest BCUT2D eigenvalue weighted by molar-refractivity contribution is 14.1. The van der Waals surface area contributed by atoms with E-state index >= 15 is 0 Å². The first-order valence-electron chi connectivity index (χ1n) is 6.96. The van der Waals surface area contributed by atoms with Gasteiger partial charge in [0.2, 0.25) is 0 Å². The quantitative estimate of drug-likeness (QED) is 0.398. The number of anilines is 1. The van der Waals surface area contributed by atoms with Gasteiger partial charge in [-0.3, -0.25) is 0 Å². The second kappa shape index (κ2) is 8.88. The van der Waals surface area contributed by atoms with Crippen molar-refractivity contribution in [2.45, 2.75) is 19.1 Å². The number of rotatable bonds is 7. The monoisotopic (exact) mass is 443 g/mol. The summed E-state index contributed by atoms with van der Waals surface area (Å²) in [5.41, 5.74) is 1.59. The average Bonchev–Trinajstić information content (AvgIpc) is 2.56. The fourth-order valence-electron chi connectivity index (χ4n) is 1.94. The molecule has 0 aliphatic rings. The molecule has 2 aromatic rings. The summed E-state index contributed by atoms with van der Waals surface area (Å²) in [4.78, 5) is 23.1. The molecule has 0 aliphatic heterocycles. The molecule has 2 rings (SSSR count). The van der Waals surface area contributed by atoms with E-state index in [1.54, 1.807) is 12.1 Å². The second-order valence-electron chi connectivity index (χ2n) is 4.82. The first-order valence-corrected chi connectivity index (χ1v) is 8.41. The molecule has 23 heavy (non-hydrogen) atoms. The minimum absolute atomic E-state index is 0.0240. The molecule has 0 heterocycles. The van der Waals surface area contributed by atoms with E-state index in [9.17, 15) is 9.59 Å². The molecule has 0 aliphatic carbocycles. The molecule has 1 atom stereocenters. The molecule has 4 nitrogen and oxygen atoms in total. The molecular weight excluding hydrogens is 429 g/mol. The molecule has 120 valence electrons. The molecule has 0 spiro atoms. The Kier molecular flexibility index (Phi) is 6.85. The van der Waals surface area contributed by atoms with Crippen molar-refractivity contribution in [1.82, 2.24) is 0 Å². The van der Waals surface area contributed by atoms with Crippen molar-refractivity contribution < 1.29 is 14.3 Å². The van der Waals surface area contributed by atoms with Gasteiger partial charge in [0.15, 0.2) is 0 Å². The number of halogens is 2. The van der Waals surface area contributed by atoms with Crippen LogP contribution in [0.2, 0.25) is 5.02 Å². The van der Waals surface area contributed by atoms with Crippen molar-refractivity contribution in [2.75, 3.05) is 5.32 Å². The maximum atomic E-state index is 12.2. The van der Waals surface area contributed by atoms with Crippen molar-refractivity contribution in [3.05, 3.63) is 62.7 Å². The molecule has 1 N–H and O–H groups in total. The maximum absolute atomic E-state index is 12.2. The van der Waals surface area contributed by atoms with Crippen molar-refractivity contribution in [3.8, 4) is 0 Å².